The van der Waals surface area contributed by atoms with Crippen molar-refractivity contribution >= 4 is 45.8 Å². The van der Waals surface area contributed by atoms with Crippen molar-refractivity contribution in [1.82, 2.24) is 0 Å². The van der Waals surface area contributed by atoms with Gasteiger partial charge in [0.2, 0.25) is 0 Å². The maximum Gasteiger partial charge on any atom is 0.258 e. The van der Waals surface area contributed by atoms with Crippen molar-refractivity contribution in [2.45, 2.75) is 13.8 Å². The molecule has 0 radical (unpaired) electrons. The molecule has 1 heterocycles. The molecule has 112 valence electrons. The van der Waals surface area contributed by atoms with E-state index >= 15 is 0 Å². The second-order valence-electron chi connectivity index (χ2n) is 5.04. The second-order valence-corrected chi connectivity index (χ2v) is 5.86. The molecule has 0 bridgehead atoms. The number of carbonyl (C=O) groups excluding carboxylic acids is 1. The number of hydrogen-bond acceptors (Lipinski definition) is 2. The average Bonchev–Trinajstić information content (AvgIpc) is 2.74. The van der Waals surface area contributed by atoms with Gasteiger partial charge in [0.05, 0.1) is 15.6 Å². The molecule has 0 spiro atoms. The Labute approximate surface area is 137 Å². The molecule has 0 atom stereocenters. The predicted molar refractivity (Wildman–Crippen MR) is 90.1 cm³/mol. The molecule has 0 fully saturated rings. The van der Waals surface area contributed by atoms with Crippen LogP contribution < -0.4 is 5.32 Å². The van der Waals surface area contributed by atoms with Crippen LogP contribution in [-0.4, -0.2) is 5.91 Å². The highest BCUT2D eigenvalue weighted by Crippen LogP contribution is 2.29. The maximum absolute atomic E-state index is 12.4. The number of nitrogens with one attached hydrogen (secondary N) is 1. The quantitative estimate of drug-likeness (QED) is 0.662. The summed E-state index contributed by atoms with van der Waals surface area (Å²) < 4.78 is 5.63. The van der Waals surface area contributed by atoms with Gasteiger partial charge in [-0.2, -0.15) is 0 Å². The first-order chi connectivity index (χ1) is 10.5. The first kappa shape index (κ1) is 14.9. The third kappa shape index (κ3) is 2.58. The summed E-state index contributed by atoms with van der Waals surface area (Å²) in [6.07, 6.45) is 0. The van der Waals surface area contributed by atoms with Crippen molar-refractivity contribution in [3.63, 3.8) is 0 Å². The number of furan rings is 1. The summed E-state index contributed by atoms with van der Waals surface area (Å²) in [5.74, 6) is 0.528. The van der Waals surface area contributed by atoms with Crippen LogP contribution in [0.5, 0.6) is 0 Å². The maximum atomic E-state index is 12.4. The highest BCUT2D eigenvalue weighted by molar-refractivity contribution is 6.40. The molecule has 0 aliphatic rings. The number of amides is 1. The fourth-order valence-electron chi connectivity index (χ4n) is 2.33. The zero-order chi connectivity index (χ0) is 15.9. The lowest BCUT2D eigenvalue weighted by Gasteiger charge is -2.08. The zero-order valence-electron chi connectivity index (χ0n) is 12.0. The normalized spacial score (nSPS) is 10.9. The van der Waals surface area contributed by atoms with Gasteiger partial charge in [-0.15, -0.1) is 0 Å². The van der Waals surface area contributed by atoms with Crippen LogP contribution in [-0.2, 0) is 0 Å². The van der Waals surface area contributed by atoms with Crippen LogP contribution in [0.3, 0.4) is 0 Å². The number of aryl methyl sites for hydroxylation is 2. The van der Waals surface area contributed by atoms with Crippen molar-refractivity contribution < 1.29 is 9.21 Å². The third-order valence-corrected chi connectivity index (χ3v) is 4.25. The summed E-state index contributed by atoms with van der Waals surface area (Å²) in [6.45, 7) is 3.90. The average molecular weight is 334 g/mol. The number of carbonyl (C=O) groups is 1. The summed E-state index contributed by atoms with van der Waals surface area (Å²) in [5.41, 5.74) is 2.79. The topological polar surface area (TPSA) is 42.2 Å². The number of anilines is 1. The molecular weight excluding hydrogens is 321 g/mol. The number of halogens is 2. The minimum atomic E-state index is -0.340. The largest absolute Gasteiger partial charge is 0.461 e. The van der Waals surface area contributed by atoms with Crippen molar-refractivity contribution in [3.05, 3.63) is 63.3 Å². The van der Waals surface area contributed by atoms with E-state index in [0.29, 0.717) is 15.7 Å². The molecule has 3 nitrogen and oxygen atoms in total. The fraction of sp³-hybridized carbons (Fsp3) is 0.118. The number of hydrogen-bond donors (Lipinski definition) is 1. The van der Waals surface area contributed by atoms with E-state index in [1.807, 2.05) is 26.0 Å². The van der Waals surface area contributed by atoms with Gasteiger partial charge < -0.3 is 9.73 Å². The van der Waals surface area contributed by atoms with Gasteiger partial charge in [0.1, 0.15) is 11.3 Å². The van der Waals surface area contributed by atoms with E-state index in [0.717, 1.165) is 22.3 Å². The Morgan fingerprint density at radius 3 is 2.45 bits per heavy atom. The van der Waals surface area contributed by atoms with Crippen molar-refractivity contribution in [2.75, 3.05) is 5.32 Å². The van der Waals surface area contributed by atoms with E-state index in [9.17, 15) is 4.79 Å². The molecule has 3 aromatic rings. The van der Waals surface area contributed by atoms with Crippen LogP contribution in [0, 0.1) is 13.8 Å². The molecule has 22 heavy (non-hydrogen) atoms. The van der Waals surface area contributed by atoms with Crippen LogP contribution >= 0.6 is 23.2 Å². The van der Waals surface area contributed by atoms with Gasteiger partial charge in [0, 0.05) is 11.1 Å². The minimum Gasteiger partial charge on any atom is -0.461 e. The Morgan fingerprint density at radius 2 is 1.77 bits per heavy atom. The van der Waals surface area contributed by atoms with Gasteiger partial charge in [-0.1, -0.05) is 29.3 Å². The van der Waals surface area contributed by atoms with Crippen molar-refractivity contribution in [2.24, 2.45) is 0 Å². The van der Waals surface area contributed by atoms with Crippen molar-refractivity contribution in [3.8, 4) is 0 Å². The molecular formula is C17H13Cl2NO2. The summed E-state index contributed by atoms with van der Waals surface area (Å²) in [5, 5.41) is 4.43. The predicted octanol–water partition coefficient (Wildman–Crippen LogP) is 5.61. The summed E-state index contributed by atoms with van der Waals surface area (Å²) in [4.78, 5) is 12.4. The lowest BCUT2D eigenvalue weighted by atomic mass is 10.1. The smallest absolute Gasteiger partial charge is 0.258 e. The van der Waals surface area contributed by atoms with E-state index < -0.39 is 0 Å². The fourth-order valence-corrected chi connectivity index (χ4v) is 2.90. The molecule has 0 aliphatic heterocycles. The van der Waals surface area contributed by atoms with E-state index in [1.165, 1.54) is 0 Å². The molecule has 0 unspecified atom stereocenters. The Hall–Kier alpha value is -1.97. The third-order valence-electron chi connectivity index (χ3n) is 3.62. The van der Waals surface area contributed by atoms with Gasteiger partial charge in [0.25, 0.3) is 5.91 Å². The Morgan fingerprint density at radius 1 is 1.09 bits per heavy atom. The number of rotatable bonds is 2. The van der Waals surface area contributed by atoms with Gasteiger partial charge in [-0.05, 0) is 49.7 Å². The number of benzene rings is 2. The molecule has 5 heteroatoms. The molecule has 3 rings (SSSR count). The Balaban J connectivity index is 1.96. The highest BCUT2D eigenvalue weighted by atomic mass is 35.5. The van der Waals surface area contributed by atoms with E-state index in [2.05, 4.69) is 5.32 Å². The molecule has 1 amide bonds. The molecule has 0 saturated carbocycles. The van der Waals surface area contributed by atoms with Crippen LogP contribution in [0.1, 0.15) is 21.7 Å². The molecule has 1 aromatic heterocycles. The first-order valence-corrected chi connectivity index (χ1v) is 7.48. The molecule has 1 N–H and O–H groups in total. The monoisotopic (exact) mass is 333 g/mol. The van der Waals surface area contributed by atoms with Crippen LogP contribution in [0.25, 0.3) is 11.0 Å². The zero-order valence-corrected chi connectivity index (χ0v) is 13.5. The first-order valence-electron chi connectivity index (χ1n) is 6.72. The SMILES string of the molecule is Cc1oc2ccc(NC(=O)c3c(Cl)cccc3Cl)cc2c1C. The number of fused-ring (bicyclic) bond motifs is 1. The van der Waals surface area contributed by atoms with Crippen LogP contribution in [0.15, 0.2) is 40.8 Å². The van der Waals surface area contributed by atoms with Gasteiger partial charge in [-0.25, -0.2) is 0 Å². The second kappa shape index (κ2) is 5.67. The molecule has 0 saturated heterocycles. The van der Waals surface area contributed by atoms with E-state index in [1.54, 1.807) is 24.3 Å². The molecule has 2 aromatic carbocycles. The lowest BCUT2D eigenvalue weighted by Crippen LogP contribution is -2.13. The summed E-state index contributed by atoms with van der Waals surface area (Å²) >= 11 is 12.1. The minimum absolute atomic E-state index is 0.269. The van der Waals surface area contributed by atoms with Gasteiger partial charge in [-0.3, -0.25) is 4.79 Å². The van der Waals surface area contributed by atoms with Gasteiger partial charge >= 0.3 is 0 Å². The van der Waals surface area contributed by atoms with Gasteiger partial charge in [0.15, 0.2) is 0 Å². The van der Waals surface area contributed by atoms with Crippen LogP contribution in [0.4, 0.5) is 5.69 Å². The summed E-state index contributed by atoms with van der Waals surface area (Å²) in [6, 6.07) is 10.5. The molecule has 0 aliphatic carbocycles. The highest BCUT2D eigenvalue weighted by Gasteiger charge is 2.15. The Kier molecular flexibility index (Phi) is 3.85. The van der Waals surface area contributed by atoms with Crippen molar-refractivity contribution in [1.29, 1.82) is 0 Å². The van der Waals surface area contributed by atoms with E-state index in [-0.39, 0.29) is 11.5 Å². The Bertz CT molecular complexity index is 863. The lowest BCUT2D eigenvalue weighted by molar-refractivity contribution is 0.102. The summed E-state index contributed by atoms with van der Waals surface area (Å²) in [7, 11) is 0. The van der Waals surface area contributed by atoms with Crippen LogP contribution in [0.2, 0.25) is 10.0 Å². The van der Waals surface area contributed by atoms with E-state index in [4.69, 9.17) is 27.6 Å². The standard InChI is InChI=1S/C17H13Cl2NO2/c1-9-10(2)22-15-7-6-11(8-12(9)15)20-17(21)16-13(18)4-3-5-14(16)19/h3-8H,1-2H3,(H,20,21).